The maximum Gasteiger partial charge on any atom is 0.292 e. The van der Waals surface area contributed by atoms with Gasteiger partial charge in [-0.1, -0.05) is 34.8 Å². The van der Waals surface area contributed by atoms with Crippen molar-refractivity contribution in [3.63, 3.8) is 0 Å². The quantitative estimate of drug-likeness (QED) is 0.578. The van der Waals surface area contributed by atoms with Crippen LogP contribution in [-0.4, -0.2) is 10.9 Å². The van der Waals surface area contributed by atoms with E-state index in [2.05, 4.69) is 10.3 Å². The lowest BCUT2D eigenvalue weighted by molar-refractivity contribution is 0.0992. The molecule has 0 aliphatic heterocycles. The topological polar surface area (TPSA) is 64.4 Å². The molecule has 0 spiro atoms. The van der Waals surface area contributed by atoms with Crippen LogP contribution >= 0.6 is 34.8 Å². The van der Waals surface area contributed by atoms with Gasteiger partial charge in [0, 0.05) is 11.2 Å². The molecule has 0 unspecified atom stereocenters. The molecule has 0 fully saturated rings. The van der Waals surface area contributed by atoms with E-state index in [1.807, 2.05) is 13.0 Å². The van der Waals surface area contributed by atoms with E-state index >= 15 is 0 Å². The third kappa shape index (κ3) is 4.49. The van der Waals surface area contributed by atoms with E-state index in [0.717, 1.165) is 5.56 Å². The molecular formula is C18H13Cl3N2O3. The van der Waals surface area contributed by atoms with Crippen molar-refractivity contribution in [1.29, 1.82) is 0 Å². The van der Waals surface area contributed by atoms with Gasteiger partial charge in [-0.15, -0.1) is 0 Å². The second-order valence-electron chi connectivity index (χ2n) is 5.43. The van der Waals surface area contributed by atoms with E-state index in [1.54, 1.807) is 24.4 Å². The standard InChI is InChI=1S/C18H13Cl3N2O3/c1-10-4-5-22-16(6-10)23-18(24)15-3-2-12(26-15)9-25-17-13(20)7-11(19)8-14(17)21/h2-8H,9H2,1H3,(H,22,23,24). The van der Waals surface area contributed by atoms with Crippen molar-refractivity contribution in [2.75, 3.05) is 5.32 Å². The summed E-state index contributed by atoms with van der Waals surface area (Å²) in [4.78, 5) is 16.3. The fourth-order valence-electron chi connectivity index (χ4n) is 2.17. The molecule has 1 amide bonds. The summed E-state index contributed by atoms with van der Waals surface area (Å²) in [6, 6.07) is 9.84. The summed E-state index contributed by atoms with van der Waals surface area (Å²) >= 11 is 18.0. The number of anilines is 1. The first-order chi connectivity index (χ1) is 12.4. The Morgan fingerprint density at radius 3 is 2.58 bits per heavy atom. The molecule has 2 aromatic heterocycles. The van der Waals surface area contributed by atoms with Crippen LogP contribution in [0.3, 0.4) is 0 Å². The Kier molecular flexibility index (Phi) is 5.71. The zero-order chi connectivity index (χ0) is 18.7. The van der Waals surface area contributed by atoms with Gasteiger partial charge in [-0.3, -0.25) is 4.79 Å². The number of hydrogen-bond donors (Lipinski definition) is 1. The van der Waals surface area contributed by atoms with Crippen molar-refractivity contribution in [3.05, 3.63) is 74.7 Å². The fraction of sp³-hybridized carbons (Fsp3) is 0.111. The predicted molar refractivity (Wildman–Crippen MR) is 101 cm³/mol. The third-order valence-electron chi connectivity index (χ3n) is 3.36. The van der Waals surface area contributed by atoms with Crippen molar-refractivity contribution in [2.24, 2.45) is 0 Å². The minimum Gasteiger partial charge on any atom is -0.483 e. The zero-order valence-corrected chi connectivity index (χ0v) is 15.8. The molecule has 0 radical (unpaired) electrons. The number of nitrogens with one attached hydrogen (secondary N) is 1. The second-order valence-corrected chi connectivity index (χ2v) is 6.68. The van der Waals surface area contributed by atoms with Crippen LogP contribution in [0.5, 0.6) is 5.75 Å². The van der Waals surface area contributed by atoms with Crippen LogP contribution in [0.25, 0.3) is 0 Å². The maximum atomic E-state index is 12.2. The Labute approximate surface area is 164 Å². The number of benzene rings is 1. The summed E-state index contributed by atoms with van der Waals surface area (Å²) in [5, 5.41) is 3.66. The van der Waals surface area contributed by atoms with Crippen molar-refractivity contribution in [3.8, 4) is 5.75 Å². The Morgan fingerprint density at radius 2 is 1.88 bits per heavy atom. The first kappa shape index (κ1) is 18.6. The van der Waals surface area contributed by atoms with Gasteiger partial charge < -0.3 is 14.5 Å². The van der Waals surface area contributed by atoms with Crippen molar-refractivity contribution in [2.45, 2.75) is 13.5 Å². The van der Waals surface area contributed by atoms with E-state index < -0.39 is 5.91 Å². The largest absolute Gasteiger partial charge is 0.483 e. The number of carbonyl (C=O) groups excluding carboxylic acids is 1. The summed E-state index contributed by atoms with van der Waals surface area (Å²) in [5.41, 5.74) is 0.987. The van der Waals surface area contributed by atoms with Gasteiger partial charge in [0.2, 0.25) is 0 Å². The van der Waals surface area contributed by atoms with Gasteiger partial charge in [-0.25, -0.2) is 4.98 Å². The summed E-state index contributed by atoms with van der Waals surface area (Å²) in [6.45, 7) is 1.96. The molecule has 0 atom stereocenters. The fourth-order valence-corrected chi connectivity index (χ4v) is 3.10. The van der Waals surface area contributed by atoms with E-state index in [1.165, 1.54) is 12.1 Å². The Bertz CT molecular complexity index is 933. The Balaban J connectivity index is 1.65. The average molecular weight is 412 g/mol. The number of aryl methyl sites for hydroxylation is 1. The van der Waals surface area contributed by atoms with Gasteiger partial charge in [0.25, 0.3) is 5.91 Å². The number of carbonyl (C=O) groups is 1. The Hall–Kier alpha value is -2.21. The van der Waals surface area contributed by atoms with Crippen LogP contribution in [0.4, 0.5) is 5.82 Å². The lowest BCUT2D eigenvalue weighted by Gasteiger charge is -2.09. The molecule has 0 saturated carbocycles. The van der Waals surface area contributed by atoms with Crippen molar-refractivity contribution >= 4 is 46.5 Å². The molecule has 1 N–H and O–H groups in total. The van der Waals surface area contributed by atoms with Crippen LogP contribution in [0.15, 0.2) is 47.0 Å². The number of halogens is 3. The lowest BCUT2D eigenvalue weighted by Crippen LogP contribution is -2.12. The van der Waals surface area contributed by atoms with E-state index in [0.29, 0.717) is 22.4 Å². The van der Waals surface area contributed by atoms with Gasteiger partial charge in [0.05, 0.1) is 10.0 Å². The van der Waals surface area contributed by atoms with Gasteiger partial charge in [0.1, 0.15) is 18.2 Å². The summed E-state index contributed by atoms with van der Waals surface area (Å²) in [6.07, 6.45) is 1.62. The molecule has 1 aromatic carbocycles. The molecule has 0 aliphatic rings. The molecule has 3 rings (SSSR count). The van der Waals surface area contributed by atoms with Crippen LogP contribution in [0.1, 0.15) is 21.9 Å². The normalized spacial score (nSPS) is 10.6. The summed E-state index contributed by atoms with van der Waals surface area (Å²) in [5.74, 6) is 0.916. The molecule has 0 bridgehead atoms. The van der Waals surface area contributed by atoms with E-state index in [9.17, 15) is 4.79 Å². The van der Waals surface area contributed by atoms with Gasteiger partial charge in [0.15, 0.2) is 11.5 Å². The molecule has 134 valence electrons. The highest BCUT2D eigenvalue weighted by atomic mass is 35.5. The average Bonchev–Trinajstić information content (AvgIpc) is 3.03. The number of aromatic nitrogens is 1. The third-order valence-corrected chi connectivity index (χ3v) is 4.14. The molecule has 2 heterocycles. The molecule has 3 aromatic rings. The van der Waals surface area contributed by atoms with Crippen LogP contribution < -0.4 is 10.1 Å². The number of ether oxygens (including phenoxy) is 1. The number of pyridine rings is 1. The Morgan fingerprint density at radius 1 is 1.15 bits per heavy atom. The highest BCUT2D eigenvalue weighted by molar-refractivity contribution is 6.40. The molecule has 26 heavy (non-hydrogen) atoms. The van der Waals surface area contributed by atoms with E-state index in [-0.39, 0.29) is 22.4 Å². The summed E-state index contributed by atoms with van der Waals surface area (Å²) < 4.78 is 11.1. The number of amides is 1. The predicted octanol–water partition coefficient (Wildman–Crippen LogP) is 5.77. The first-order valence-electron chi connectivity index (χ1n) is 7.52. The van der Waals surface area contributed by atoms with Gasteiger partial charge in [-0.05, 0) is 48.9 Å². The van der Waals surface area contributed by atoms with E-state index in [4.69, 9.17) is 44.0 Å². The number of rotatable bonds is 5. The molecule has 0 aliphatic carbocycles. The van der Waals surface area contributed by atoms with Crippen LogP contribution in [-0.2, 0) is 6.61 Å². The SMILES string of the molecule is Cc1ccnc(NC(=O)c2ccc(COc3c(Cl)cc(Cl)cc3Cl)o2)c1. The monoisotopic (exact) mass is 410 g/mol. The lowest BCUT2D eigenvalue weighted by atomic mass is 10.3. The minimum absolute atomic E-state index is 0.0526. The smallest absolute Gasteiger partial charge is 0.292 e. The van der Waals surface area contributed by atoms with Crippen LogP contribution in [0, 0.1) is 6.92 Å². The molecule has 8 heteroatoms. The number of hydrogen-bond acceptors (Lipinski definition) is 4. The molecular weight excluding hydrogens is 399 g/mol. The first-order valence-corrected chi connectivity index (χ1v) is 8.66. The zero-order valence-electron chi connectivity index (χ0n) is 13.6. The van der Waals surface area contributed by atoms with Crippen molar-refractivity contribution in [1.82, 2.24) is 4.98 Å². The van der Waals surface area contributed by atoms with Gasteiger partial charge in [-0.2, -0.15) is 0 Å². The van der Waals surface area contributed by atoms with Gasteiger partial charge >= 0.3 is 0 Å². The van der Waals surface area contributed by atoms with Crippen molar-refractivity contribution < 1.29 is 13.9 Å². The second kappa shape index (κ2) is 7.99. The highest BCUT2D eigenvalue weighted by Gasteiger charge is 2.14. The molecule has 0 saturated heterocycles. The molecule has 5 nitrogen and oxygen atoms in total. The number of furan rings is 1. The number of nitrogens with zero attached hydrogens (tertiary/aromatic N) is 1. The van der Waals surface area contributed by atoms with Crippen LogP contribution in [0.2, 0.25) is 15.1 Å². The highest BCUT2D eigenvalue weighted by Crippen LogP contribution is 2.36. The summed E-state index contributed by atoms with van der Waals surface area (Å²) in [7, 11) is 0. The minimum atomic E-state index is -0.406. The maximum absolute atomic E-state index is 12.2.